The number of carbonyl (C=O) groups is 1. The summed E-state index contributed by atoms with van der Waals surface area (Å²) < 4.78 is 0. The van der Waals surface area contributed by atoms with Crippen molar-refractivity contribution in [1.82, 2.24) is 5.32 Å². The molecule has 0 radical (unpaired) electrons. The smallest absolute Gasteiger partial charge is 0.328 e. The van der Waals surface area contributed by atoms with Crippen molar-refractivity contribution < 1.29 is 15.0 Å². The SMILES string of the molecule is CCC(NCCCO)(C(=O)O)c1ccccc1. The number of aliphatic hydroxyl groups is 1. The zero-order chi connectivity index (χ0) is 12.7. The highest BCUT2D eigenvalue weighted by Crippen LogP contribution is 2.25. The second kappa shape index (κ2) is 6.37. The van der Waals surface area contributed by atoms with Crippen LogP contribution in [0.1, 0.15) is 25.3 Å². The zero-order valence-corrected chi connectivity index (χ0v) is 10.0. The Morgan fingerprint density at radius 3 is 2.47 bits per heavy atom. The van der Waals surface area contributed by atoms with Crippen LogP contribution in [0.15, 0.2) is 30.3 Å². The second-order valence-electron chi connectivity index (χ2n) is 3.93. The van der Waals surface area contributed by atoms with Crippen molar-refractivity contribution >= 4 is 5.97 Å². The number of aliphatic carboxylic acids is 1. The van der Waals surface area contributed by atoms with Crippen molar-refractivity contribution in [3.8, 4) is 0 Å². The minimum absolute atomic E-state index is 0.0567. The van der Waals surface area contributed by atoms with Gasteiger partial charge in [0.2, 0.25) is 0 Å². The molecule has 1 rings (SSSR count). The predicted molar refractivity (Wildman–Crippen MR) is 65.8 cm³/mol. The largest absolute Gasteiger partial charge is 0.480 e. The van der Waals surface area contributed by atoms with E-state index in [-0.39, 0.29) is 6.61 Å². The molecule has 0 aliphatic carbocycles. The number of rotatable bonds is 7. The summed E-state index contributed by atoms with van der Waals surface area (Å²) in [5.41, 5.74) is -0.316. The molecule has 0 amide bonds. The first kappa shape index (κ1) is 13.7. The van der Waals surface area contributed by atoms with Crippen molar-refractivity contribution in [3.63, 3.8) is 0 Å². The molecule has 0 spiro atoms. The normalized spacial score (nSPS) is 14.2. The maximum absolute atomic E-state index is 11.5. The first-order valence-corrected chi connectivity index (χ1v) is 5.82. The molecule has 17 heavy (non-hydrogen) atoms. The van der Waals surface area contributed by atoms with Gasteiger partial charge in [0, 0.05) is 6.61 Å². The Morgan fingerprint density at radius 1 is 1.35 bits per heavy atom. The molecular weight excluding hydrogens is 218 g/mol. The van der Waals surface area contributed by atoms with E-state index in [2.05, 4.69) is 5.32 Å². The molecule has 0 saturated heterocycles. The van der Waals surface area contributed by atoms with E-state index in [1.807, 2.05) is 37.3 Å². The Morgan fingerprint density at radius 2 is 2.00 bits per heavy atom. The molecule has 0 saturated carbocycles. The summed E-state index contributed by atoms with van der Waals surface area (Å²) in [5, 5.41) is 21.2. The van der Waals surface area contributed by atoms with Gasteiger partial charge in [0.25, 0.3) is 0 Å². The fourth-order valence-corrected chi connectivity index (χ4v) is 1.89. The summed E-state index contributed by atoms with van der Waals surface area (Å²) in [5.74, 6) is -0.885. The third kappa shape index (κ3) is 3.05. The summed E-state index contributed by atoms with van der Waals surface area (Å²) in [6, 6.07) is 9.14. The van der Waals surface area contributed by atoms with Crippen molar-refractivity contribution in [2.75, 3.05) is 13.2 Å². The van der Waals surface area contributed by atoms with Gasteiger partial charge in [0.15, 0.2) is 0 Å². The molecule has 1 atom stereocenters. The van der Waals surface area contributed by atoms with Crippen molar-refractivity contribution in [1.29, 1.82) is 0 Å². The van der Waals surface area contributed by atoms with Gasteiger partial charge < -0.3 is 10.2 Å². The van der Waals surface area contributed by atoms with Gasteiger partial charge in [-0.1, -0.05) is 37.3 Å². The van der Waals surface area contributed by atoms with Crippen LogP contribution in [0.25, 0.3) is 0 Å². The van der Waals surface area contributed by atoms with E-state index < -0.39 is 11.5 Å². The highest BCUT2D eigenvalue weighted by molar-refractivity contribution is 5.80. The molecule has 0 aromatic heterocycles. The Hall–Kier alpha value is -1.39. The fourth-order valence-electron chi connectivity index (χ4n) is 1.89. The molecule has 0 fully saturated rings. The first-order valence-electron chi connectivity index (χ1n) is 5.82. The summed E-state index contributed by atoms with van der Waals surface area (Å²) in [7, 11) is 0. The first-order chi connectivity index (χ1) is 8.17. The van der Waals surface area contributed by atoms with Crippen LogP contribution in [0.3, 0.4) is 0 Å². The zero-order valence-electron chi connectivity index (χ0n) is 10.0. The van der Waals surface area contributed by atoms with Crippen LogP contribution < -0.4 is 5.32 Å². The van der Waals surface area contributed by atoms with Gasteiger partial charge >= 0.3 is 5.97 Å². The van der Waals surface area contributed by atoms with Gasteiger partial charge in [-0.25, -0.2) is 4.79 Å². The van der Waals surface area contributed by atoms with Crippen LogP contribution in [-0.4, -0.2) is 29.3 Å². The van der Waals surface area contributed by atoms with Crippen LogP contribution in [0.4, 0.5) is 0 Å². The lowest BCUT2D eigenvalue weighted by atomic mass is 9.87. The monoisotopic (exact) mass is 237 g/mol. The Labute approximate surface area is 101 Å². The Bertz CT molecular complexity index is 353. The van der Waals surface area contributed by atoms with E-state index in [1.165, 1.54) is 0 Å². The Balaban J connectivity index is 2.97. The number of nitrogens with one attached hydrogen (secondary N) is 1. The highest BCUT2D eigenvalue weighted by Gasteiger charge is 2.37. The molecule has 94 valence electrons. The number of benzene rings is 1. The molecule has 4 nitrogen and oxygen atoms in total. The van der Waals surface area contributed by atoms with Gasteiger partial charge in [0.05, 0.1) is 0 Å². The molecule has 1 aromatic carbocycles. The molecule has 0 aliphatic heterocycles. The maximum atomic E-state index is 11.5. The summed E-state index contributed by atoms with van der Waals surface area (Å²) in [4.78, 5) is 11.5. The topological polar surface area (TPSA) is 69.6 Å². The second-order valence-corrected chi connectivity index (χ2v) is 3.93. The lowest BCUT2D eigenvalue weighted by Crippen LogP contribution is -2.49. The number of hydrogen-bond donors (Lipinski definition) is 3. The average molecular weight is 237 g/mol. The number of hydrogen-bond acceptors (Lipinski definition) is 3. The molecule has 0 aliphatic rings. The van der Waals surface area contributed by atoms with Gasteiger partial charge in [0.1, 0.15) is 5.54 Å². The molecule has 0 bridgehead atoms. The van der Waals surface area contributed by atoms with Crippen LogP contribution in [0.2, 0.25) is 0 Å². The number of aliphatic hydroxyl groups excluding tert-OH is 1. The summed E-state index contributed by atoms with van der Waals surface area (Å²) in [6.07, 6.45) is 1.000. The standard InChI is InChI=1S/C13H19NO3/c1-2-13(12(16)17,14-9-6-10-15)11-7-4-3-5-8-11/h3-5,7-8,14-15H,2,6,9-10H2,1H3,(H,16,17). The van der Waals surface area contributed by atoms with Crippen LogP contribution >= 0.6 is 0 Å². The van der Waals surface area contributed by atoms with E-state index in [0.29, 0.717) is 19.4 Å². The van der Waals surface area contributed by atoms with Gasteiger partial charge in [-0.15, -0.1) is 0 Å². The van der Waals surface area contributed by atoms with E-state index in [9.17, 15) is 9.90 Å². The number of carboxylic acid groups (broad SMARTS) is 1. The summed E-state index contributed by atoms with van der Waals surface area (Å²) >= 11 is 0. The molecule has 1 unspecified atom stereocenters. The van der Waals surface area contributed by atoms with E-state index in [4.69, 9.17) is 5.11 Å². The van der Waals surface area contributed by atoms with Crippen LogP contribution in [0.5, 0.6) is 0 Å². The minimum Gasteiger partial charge on any atom is -0.480 e. The van der Waals surface area contributed by atoms with E-state index in [1.54, 1.807) is 0 Å². The summed E-state index contributed by atoms with van der Waals surface area (Å²) in [6.45, 7) is 2.37. The molecular formula is C13H19NO3. The molecule has 0 heterocycles. The lowest BCUT2D eigenvalue weighted by molar-refractivity contribution is -0.145. The van der Waals surface area contributed by atoms with Crippen LogP contribution in [0, 0.1) is 0 Å². The fraction of sp³-hybridized carbons (Fsp3) is 0.462. The maximum Gasteiger partial charge on any atom is 0.328 e. The number of carboxylic acids is 1. The lowest BCUT2D eigenvalue weighted by Gasteiger charge is -2.30. The molecule has 3 N–H and O–H groups in total. The van der Waals surface area contributed by atoms with Gasteiger partial charge in [-0.2, -0.15) is 0 Å². The van der Waals surface area contributed by atoms with Crippen molar-refractivity contribution in [2.45, 2.75) is 25.3 Å². The van der Waals surface area contributed by atoms with Crippen molar-refractivity contribution in [2.24, 2.45) is 0 Å². The van der Waals surface area contributed by atoms with E-state index in [0.717, 1.165) is 5.56 Å². The minimum atomic E-state index is -1.06. The Kier molecular flexibility index (Phi) is 5.12. The van der Waals surface area contributed by atoms with Crippen LogP contribution in [-0.2, 0) is 10.3 Å². The molecule has 4 heteroatoms. The third-order valence-corrected chi connectivity index (χ3v) is 2.92. The third-order valence-electron chi connectivity index (χ3n) is 2.92. The highest BCUT2D eigenvalue weighted by atomic mass is 16.4. The van der Waals surface area contributed by atoms with Gasteiger partial charge in [-0.3, -0.25) is 5.32 Å². The average Bonchev–Trinajstić information content (AvgIpc) is 2.36. The molecule has 1 aromatic rings. The predicted octanol–water partition coefficient (Wildman–Crippen LogP) is 1.35. The quantitative estimate of drug-likeness (QED) is 0.626. The van der Waals surface area contributed by atoms with E-state index >= 15 is 0 Å². The van der Waals surface area contributed by atoms with Crippen molar-refractivity contribution in [3.05, 3.63) is 35.9 Å². The van der Waals surface area contributed by atoms with Gasteiger partial charge in [-0.05, 0) is 24.9 Å².